The zero-order valence-electron chi connectivity index (χ0n) is 11.4. The molecule has 0 unspecified atom stereocenters. The van der Waals surface area contributed by atoms with Crippen LogP contribution in [-0.4, -0.2) is 25.1 Å². The summed E-state index contributed by atoms with van der Waals surface area (Å²) < 4.78 is 0. The molecule has 0 radical (unpaired) electrons. The maximum absolute atomic E-state index is 5.57. The number of anilines is 1. The highest BCUT2D eigenvalue weighted by atomic mass is 15.2. The summed E-state index contributed by atoms with van der Waals surface area (Å²) in [5.74, 6) is 1.04. The molecular formula is C14H25N3. The Balaban J connectivity index is 2.91. The summed E-state index contributed by atoms with van der Waals surface area (Å²) in [4.78, 5) is 6.89. The fourth-order valence-electron chi connectivity index (χ4n) is 1.99. The van der Waals surface area contributed by atoms with Crippen LogP contribution in [0, 0.1) is 0 Å². The number of aromatic nitrogens is 1. The fourth-order valence-corrected chi connectivity index (χ4v) is 1.99. The third-order valence-electron chi connectivity index (χ3n) is 2.92. The van der Waals surface area contributed by atoms with Crippen molar-refractivity contribution in [3.63, 3.8) is 0 Å². The van der Waals surface area contributed by atoms with Crippen LogP contribution >= 0.6 is 0 Å². The second-order valence-corrected chi connectivity index (χ2v) is 4.49. The van der Waals surface area contributed by atoms with Crippen molar-refractivity contribution in [3.8, 4) is 0 Å². The van der Waals surface area contributed by atoms with Crippen LogP contribution in [0.3, 0.4) is 0 Å². The van der Waals surface area contributed by atoms with Gasteiger partial charge in [0.05, 0.1) is 0 Å². The van der Waals surface area contributed by atoms with Crippen molar-refractivity contribution in [1.29, 1.82) is 0 Å². The van der Waals surface area contributed by atoms with Crippen LogP contribution in [0.1, 0.15) is 37.9 Å². The quantitative estimate of drug-likeness (QED) is 0.789. The molecule has 1 heterocycles. The van der Waals surface area contributed by atoms with Gasteiger partial charge in [-0.05, 0) is 24.5 Å². The largest absolute Gasteiger partial charge is 0.358 e. The number of nitrogens with zero attached hydrogens (tertiary/aromatic N) is 2. The molecule has 0 atom stereocenters. The van der Waals surface area contributed by atoms with Gasteiger partial charge in [-0.2, -0.15) is 0 Å². The number of aryl methyl sites for hydroxylation is 2. The van der Waals surface area contributed by atoms with E-state index in [1.807, 2.05) is 7.05 Å². The Hall–Kier alpha value is -1.09. The first-order valence-electron chi connectivity index (χ1n) is 6.62. The minimum atomic E-state index is 0.665. The first kappa shape index (κ1) is 14.0. The van der Waals surface area contributed by atoms with Crippen molar-refractivity contribution in [3.05, 3.63) is 23.4 Å². The van der Waals surface area contributed by atoms with Crippen LogP contribution in [-0.2, 0) is 12.8 Å². The van der Waals surface area contributed by atoms with E-state index in [4.69, 9.17) is 10.7 Å². The van der Waals surface area contributed by atoms with Gasteiger partial charge in [-0.25, -0.2) is 4.98 Å². The smallest absolute Gasteiger partial charge is 0.128 e. The van der Waals surface area contributed by atoms with E-state index < -0.39 is 0 Å². The zero-order chi connectivity index (χ0) is 12.7. The van der Waals surface area contributed by atoms with Crippen molar-refractivity contribution in [2.24, 2.45) is 5.73 Å². The van der Waals surface area contributed by atoms with E-state index in [9.17, 15) is 0 Å². The van der Waals surface area contributed by atoms with Crippen LogP contribution < -0.4 is 10.6 Å². The molecule has 0 amide bonds. The zero-order valence-corrected chi connectivity index (χ0v) is 11.4. The Bertz CT molecular complexity index is 336. The number of likely N-dealkylation sites (N-methyl/N-ethyl adjacent to an activating group) is 1. The third-order valence-corrected chi connectivity index (χ3v) is 2.92. The van der Waals surface area contributed by atoms with Gasteiger partial charge in [0.1, 0.15) is 5.82 Å². The highest BCUT2D eigenvalue weighted by Crippen LogP contribution is 2.17. The van der Waals surface area contributed by atoms with E-state index in [2.05, 4.69) is 30.9 Å². The van der Waals surface area contributed by atoms with Gasteiger partial charge in [-0.15, -0.1) is 0 Å². The lowest BCUT2D eigenvalue weighted by Crippen LogP contribution is -2.26. The molecule has 0 spiro atoms. The molecule has 0 saturated heterocycles. The molecule has 1 aromatic heterocycles. The molecule has 0 aliphatic heterocycles. The van der Waals surface area contributed by atoms with Crippen LogP contribution in [0.2, 0.25) is 0 Å². The molecule has 0 aliphatic carbocycles. The normalized spacial score (nSPS) is 10.6. The molecule has 3 heteroatoms. The van der Waals surface area contributed by atoms with E-state index in [0.717, 1.165) is 31.6 Å². The van der Waals surface area contributed by atoms with Crippen LogP contribution in [0.25, 0.3) is 0 Å². The number of hydrogen-bond donors (Lipinski definition) is 1. The molecule has 0 bridgehead atoms. The second kappa shape index (κ2) is 7.28. The summed E-state index contributed by atoms with van der Waals surface area (Å²) in [7, 11) is 2.05. The number of pyridine rings is 1. The Morgan fingerprint density at radius 2 is 1.88 bits per heavy atom. The summed E-state index contributed by atoms with van der Waals surface area (Å²) in [5.41, 5.74) is 8.23. The highest BCUT2D eigenvalue weighted by molar-refractivity contribution is 5.41. The summed E-state index contributed by atoms with van der Waals surface area (Å²) >= 11 is 0. The molecule has 2 N–H and O–H groups in total. The summed E-state index contributed by atoms with van der Waals surface area (Å²) in [6.45, 7) is 5.93. The van der Waals surface area contributed by atoms with Gasteiger partial charge in [-0.1, -0.05) is 32.8 Å². The van der Waals surface area contributed by atoms with Gasteiger partial charge in [-0.3, -0.25) is 0 Å². The van der Waals surface area contributed by atoms with Gasteiger partial charge in [0.2, 0.25) is 0 Å². The predicted molar refractivity (Wildman–Crippen MR) is 74.6 cm³/mol. The summed E-state index contributed by atoms with van der Waals surface area (Å²) in [6, 6.07) is 4.34. The van der Waals surface area contributed by atoms with Crippen molar-refractivity contribution < 1.29 is 0 Å². The lowest BCUT2D eigenvalue weighted by molar-refractivity contribution is 0.809. The van der Waals surface area contributed by atoms with Gasteiger partial charge < -0.3 is 10.6 Å². The third kappa shape index (κ3) is 4.00. The van der Waals surface area contributed by atoms with Crippen molar-refractivity contribution >= 4 is 5.82 Å². The molecule has 96 valence electrons. The second-order valence-electron chi connectivity index (χ2n) is 4.49. The van der Waals surface area contributed by atoms with E-state index >= 15 is 0 Å². The Morgan fingerprint density at radius 1 is 1.18 bits per heavy atom. The van der Waals surface area contributed by atoms with Crippen LogP contribution in [0.5, 0.6) is 0 Å². The van der Waals surface area contributed by atoms with Gasteiger partial charge in [0.15, 0.2) is 0 Å². The lowest BCUT2D eigenvalue weighted by Gasteiger charge is -2.19. The van der Waals surface area contributed by atoms with Crippen LogP contribution in [0.15, 0.2) is 12.1 Å². The SMILES string of the molecule is CCCc1ccc(N(C)CCN)nc1CCC. The van der Waals surface area contributed by atoms with Crippen molar-refractivity contribution in [2.75, 3.05) is 25.0 Å². The maximum atomic E-state index is 5.57. The van der Waals surface area contributed by atoms with Gasteiger partial charge >= 0.3 is 0 Å². The molecule has 0 saturated carbocycles. The number of nitrogens with two attached hydrogens (primary N) is 1. The van der Waals surface area contributed by atoms with E-state index in [-0.39, 0.29) is 0 Å². The summed E-state index contributed by atoms with van der Waals surface area (Å²) in [5, 5.41) is 0. The minimum Gasteiger partial charge on any atom is -0.358 e. The first-order chi connectivity index (χ1) is 8.22. The Morgan fingerprint density at radius 3 is 2.47 bits per heavy atom. The fraction of sp³-hybridized carbons (Fsp3) is 0.643. The molecule has 17 heavy (non-hydrogen) atoms. The average Bonchev–Trinajstić information content (AvgIpc) is 2.32. The monoisotopic (exact) mass is 235 g/mol. The Labute approximate surface area is 105 Å². The maximum Gasteiger partial charge on any atom is 0.128 e. The molecule has 3 nitrogen and oxygen atoms in total. The van der Waals surface area contributed by atoms with Gasteiger partial charge in [0.25, 0.3) is 0 Å². The van der Waals surface area contributed by atoms with Crippen molar-refractivity contribution in [1.82, 2.24) is 4.98 Å². The molecule has 0 aliphatic rings. The van der Waals surface area contributed by atoms with E-state index in [0.29, 0.717) is 6.54 Å². The molecule has 0 fully saturated rings. The van der Waals surface area contributed by atoms with Crippen LogP contribution in [0.4, 0.5) is 5.82 Å². The Kier molecular flexibility index (Phi) is 5.98. The van der Waals surface area contributed by atoms with Crippen molar-refractivity contribution in [2.45, 2.75) is 39.5 Å². The molecule has 1 rings (SSSR count). The highest BCUT2D eigenvalue weighted by Gasteiger charge is 2.07. The van der Waals surface area contributed by atoms with E-state index in [1.54, 1.807) is 0 Å². The number of hydrogen-bond acceptors (Lipinski definition) is 3. The minimum absolute atomic E-state index is 0.665. The molecular weight excluding hydrogens is 210 g/mol. The number of rotatable bonds is 7. The standard InChI is InChI=1S/C14H25N3/c1-4-6-12-8-9-14(17(3)11-10-15)16-13(12)7-5-2/h8-9H,4-7,10-11,15H2,1-3H3. The molecule has 1 aromatic rings. The summed E-state index contributed by atoms with van der Waals surface area (Å²) in [6.07, 6.45) is 4.52. The lowest BCUT2D eigenvalue weighted by atomic mass is 10.1. The predicted octanol–water partition coefficient (Wildman–Crippen LogP) is 2.38. The molecule has 0 aromatic carbocycles. The topological polar surface area (TPSA) is 42.1 Å². The van der Waals surface area contributed by atoms with E-state index in [1.165, 1.54) is 17.7 Å². The van der Waals surface area contributed by atoms with Gasteiger partial charge in [0, 0.05) is 25.8 Å². The average molecular weight is 235 g/mol. The first-order valence-corrected chi connectivity index (χ1v) is 6.62.